The summed E-state index contributed by atoms with van der Waals surface area (Å²) in [4.78, 5) is 22.0. The topological polar surface area (TPSA) is 78.4 Å². The molecule has 0 saturated carbocycles. The van der Waals surface area contributed by atoms with Crippen molar-refractivity contribution in [2.75, 3.05) is 6.54 Å². The average molecular weight is 268 g/mol. The minimum Gasteiger partial charge on any atom is -0.481 e. The summed E-state index contributed by atoms with van der Waals surface area (Å²) in [6.07, 6.45) is 9.04. The fraction of sp³-hybridized carbons (Fsp3) is 0.714. The van der Waals surface area contributed by atoms with Crippen LogP contribution in [0.3, 0.4) is 0 Å². The van der Waals surface area contributed by atoms with E-state index in [4.69, 9.17) is 5.11 Å². The average Bonchev–Trinajstić information content (AvgIpc) is 2.37. The lowest BCUT2D eigenvalue weighted by atomic mass is 9.94. The highest BCUT2D eigenvalue weighted by molar-refractivity contribution is 5.74. The summed E-state index contributed by atoms with van der Waals surface area (Å²) in [7, 11) is 0. The molecule has 0 aliphatic heterocycles. The lowest BCUT2D eigenvalue weighted by Gasteiger charge is -2.19. The van der Waals surface area contributed by atoms with Crippen molar-refractivity contribution in [3.05, 3.63) is 12.2 Å². The third-order valence-electron chi connectivity index (χ3n) is 3.33. The fourth-order valence-electron chi connectivity index (χ4n) is 2.19. The Labute approximate surface area is 114 Å². The van der Waals surface area contributed by atoms with E-state index in [9.17, 15) is 9.59 Å². The highest BCUT2D eigenvalue weighted by Gasteiger charge is 2.12. The molecule has 2 unspecified atom stereocenters. The molecule has 0 radical (unpaired) electrons. The molecule has 1 aliphatic rings. The van der Waals surface area contributed by atoms with Crippen LogP contribution >= 0.6 is 0 Å². The maximum Gasteiger partial charge on any atom is 0.315 e. The van der Waals surface area contributed by atoms with Crippen LogP contribution in [0.1, 0.15) is 45.4 Å². The van der Waals surface area contributed by atoms with Crippen molar-refractivity contribution >= 4 is 12.0 Å². The van der Waals surface area contributed by atoms with Crippen LogP contribution in [0.2, 0.25) is 0 Å². The number of carboxylic acids is 1. The number of hydrogen-bond acceptors (Lipinski definition) is 2. The minimum atomic E-state index is -0.790. The van der Waals surface area contributed by atoms with Crippen LogP contribution in [0.4, 0.5) is 4.79 Å². The molecule has 0 spiro atoms. The van der Waals surface area contributed by atoms with Crippen molar-refractivity contribution in [1.82, 2.24) is 10.6 Å². The second-order valence-electron chi connectivity index (χ2n) is 5.19. The van der Waals surface area contributed by atoms with Crippen molar-refractivity contribution < 1.29 is 14.7 Å². The largest absolute Gasteiger partial charge is 0.481 e. The van der Waals surface area contributed by atoms with Gasteiger partial charge in [0.05, 0.1) is 0 Å². The zero-order valence-electron chi connectivity index (χ0n) is 11.5. The number of carbonyl (C=O) groups is 2. The van der Waals surface area contributed by atoms with E-state index in [2.05, 4.69) is 22.8 Å². The first kappa shape index (κ1) is 15.5. The Balaban J connectivity index is 2.09. The highest BCUT2D eigenvalue weighted by atomic mass is 16.4. The molecule has 1 aliphatic carbocycles. The molecule has 1 rings (SSSR count). The second kappa shape index (κ2) is 8.56. The van der Waals surface area contributed by atoms with E-state index in [-0.39, 0.29) is 18.5 Å². The van der Waals surface area contributed by atoms with Gasteiger partial charge in [-0.2, -0.15) is 0 Å². The van der Waals surface area contributed by atoms with Gasteiger partial charge in [0.15, 0.2) is 0 Å². The van der Waals surface area contributed by atoms with Crippen LogP contribution in [-0.2, 0) is 4.79 Å². The Bertz CT molecular complexity index is 329. The van der Waals surface area contributed by atoms with Crippen LogP contribution in [-0.4, -0.2) is 29.7 Å². The van der Waals surface area contributed by atoms with Crippen LogP contribution in [0.5, 0.6) is 0 Å². The first-order chi connectivity index (χ1) is 9.08. The van der Waals surface area contributed by atoms with Crippen LogP contribution in [0.15, 0.2) is 12.2 Å². The second-order valence-corrected chi connectivity index (χ2v) is 5.19. The molecule has 0 aromatic heterocycles. The quantitative estimate of drug-likeness (QED) is 0.620. The number of amides is 2. The van der Waals surface area contributed by atoms with Gasteiger partial charge in [-0.05, 0) is 44.9 Å². The van der Waals surface area contributed by atoms with Gasteiger partial charge in [-0.15, -0.1) is 0 Å². The molecule has 2 atom stereocenters. The lowest BCUT2D eigenvalue weighted by molar-refractivity contribution is -0.137. The number of nitrogens with one attached hydrogen (secondary N) is 2. The SMILES string of the molecule is CC(CCCC(=O)O)NC(=O)NCC1CC=CCC1. The molecule has 0 aromatic rings. The van der Waals surface area contributed by atoms with E-state index in [0.717, 1.165) is 19.3 Å². The van der Waals surface area contributed by atoms with Crippen LogP contribution in [0.25, 0.3) is 0 Å². The predicted octanol–water partition coefficient (Wildman–Crippen LogP) is 2.29. The molecule has 108 valence electrons. The van der Waals surface area contributed by atoms with Gasteiger partial charge < -0.3 is 15.7 Å². The molecule has 0 saturated heterocycles. The number of hydrogen-bond donors (Lipinski definition) is 3. The van der Waals surface area contributed by atoms with Gasteiger partial charge in [-0.25, -0.2) is 4.79 Å². The van der Waals surface area contributed by atoms with Crippen molar-refractivity contribution in [2.24, 2.45) is 5.92 Å². The normalized spacial score (nSPS) is 19.7. The number of urea groups is 1. The Morgan fingerprint density at radius 1 is 1.42 bits per heavy atom. The molecule has 0 aromatic carbocycles. The molecular weight excluding hydrogens is 244 g/mol. The molecule has 0 bridgehead atoms. The molecular formula is C14H24N2O3. The molecule has 0 heterocycles. The monoisotopic (exact) mass is 268 g/mol. The third kappa shape index (κ3) is 7.49. The van der Waals surface area contributed by atoms with E-state index >= 15 is 0 Å². The standard InChI is InChI=1S/C14H24N2O3/c1-11(6-5-9-13(17)18)16-14(19)15-10-12-7-3-2-4-8-12/h2-3,11-12H,4-10H2,1H3,(H,17,18)(H2,15,16,19). The van der Waals surface area contributed by atoms with Gasteiger partial charge in [0.1, 0.15) is 0 Å². The van der Waals surface area contributed by atoms with E-state index < -0.39 is 5.97 Å². The highest BCUT2D eigenvalue weighted by Crippen LogP contribution is 2.16. The zero-order valence-corrected chi connectivity index (χ0v) is 11.5. The van der Waals surface area contributed by atoms with Gasteiger partial charge in [0.2, 0.25) is 0 Å². The van der Waals surface area contributed by atoms with Crippen LogP contribution < -0.4 is 10.6 Å². The number of rotatable bonds is 7. The van der Waals surface area contributed by atoms with E-state index in [1.807, 2.05) is 6.92 Å². The molecule has 19 heavy (non-hydrogen) atoms. The van der Waals surface area contributed by atoms with Gasteiger partial charge in [-0.3, -0.25) is 4.79 Å². The number of allylic oxidation sites excluding steroid dienone is 2. The zero-order chi connectivity index (χ0) is 14.1. The number of aliphatic carboxylic acids is 1. The molecule has 5 nitrogen and oxygen atoms in total. The van der Waals surface area contributed by atoms with Gasteiger partial charge in [-0.1, -0.05) is 12.2 Å². The molecule has 5 heteroatoms. The predicted molar refractivity (Wildman–Crippen MR) is 74.0 cm³/mol. The van der Waals surface area contributed by atoms with Crippen LogP contribution in [0, 0.1) is 5.92 Å². The van der Waals surface area contributed by atoms with E-state index in [1.54, 1.807) is 0 Å². The first-order valence-electron chi connectivity index (χ1n) is 6.99. The Kier molecular flexibility index (Phi) is 7.00. The summed E-state index contributed by atoms with van der Waals surface area (Å²) in [6, 6.07) is -0.150. The van der Waals surface area contributed by atoms with Gasteiger partial charge >= 0.3 is 12.0 Å². The maximum atomic E-state index is 11.6. The summed E-state index contributed by atoms with van der Waals surface area (Å²) in [5.74, 6) is -0.250. The molecule has 3 N–H and O–H groups in total. The first-order valence-corrected chi connectivity index (χ1v) is 6.99. The summed E-state index contributed by atoms with van der Waals surface area (Å²) in [5.41, 5.74) is 0. The van der Waals surface area contributed by atoms with E-state index in [0.29, 0.717) is 25.3 Å². The lowest BCUT2D eigenvalue weighted by Crippen LogP contribution is -2.42. The summed E-state index contributed by atoms with van der Waals surface area (Å²) in [6.45, 7) is 2.60. The van der Waals surface area contributed by atoms with Crippen molar-refractivity contribution in [3.63, 3.8) is 0 Å². The van der Waals surface area contributed by atoms with Gasteiger partial charge in [0.25, 0.3) is 0 Å². The summed E-state index contributed by atoms with van der Waals surface area (Å²) >= 11 is 0. The van der Waals surface area contributed by atoms with Crippen molar-refractivity contribution in [3.8, 4) is 0 Å². The smallest absolute Gasteiger partial charge is 0.315 e. The fourth-order valence-corrected chi connectivity index (χ4v) is 2.19. The Morgan fingerprint density at radius 2 is 2.21 bits per heavy atom. The summed E-state index contributed by atoms with van der Waals surface area (Å²) in [5, 5.41) is 14.2. The number of carboxylic acid groups (broad SMARTS) is 1. The summed E-state index contributed by atoms with van der Waals surface area (Å²) < 4.78 is 0. The molecule has 0 fully saturated rings. The Morgan fingerprint density at radius 3 is 2.84 bits per heavy atom. The van der Waals surface area contributed by atoms with Crippen molar-refractivity contribution in [2.45, 2.75) is 51.5 Å². The van der Waals surface area contributed by atoms with Gasteiger partial charge in [0, 0.05) is 19.0 Å². The maximum absolute atomic E-state index is 11.6. The Hall–Kier alpha value is -1.52. The van der Waals surface area contributed by atoms with E-state index in [1.165, 1.54) is 0 Å². The molecule has 2 amide bonds. The third-order valence-corrected chi connectivity index (χ3v) is 3.33. The minimum absolute atomic E-state index is 0.00519. The number of carbonyl (C=O) groups excluding carboxylic acids is 1. The van der Waals surface area contributed by atoms with Crippen molar-refractivity contribution in [1.29, 1.82) is 0 Å².